The zero-order valence-corrected chi connectivity index (χ0v) is 21.3. The van der Waals surface area contributed by atoms with Crippen LogP contribution in [0.25, 0.3) is 22.3 Å². The number of benzene rings is 3. The van der Waals surface area contributed by atoms with Crippen LogP contribution in [-0.2, 0) is 0 Å². The molecular weight excluding hydrogens is 388 g/mol. The lowest BCUT2D eigenvalue weighted by Gasteiger charge is -2.19. The molecule has 0 saturated heterocycles. The Hall–Kier alpha value is -2.64. The maximum atomic E-state index is 2.40. The van der Waals surface area contributed by atoms with Gasteiger partial charge in [0.05, 0.1) is 9.52 Å². The number of aryl methyl sites for hydroxylation is 4. The van der Waals surface area contributed by atoms with Crippen LogP contribution in [0.5, 0.6) is 0 Å². The van der Waals surface area contributed by atoms with E-state index in [9.17, 15) is 0 Å². The van der Waals surface area contributed by atoms with Crippen molar-refractivity contribution in [2.24, 2.45) is 5.92 Å². The monoisotopic (exact) mass is 422 g/mol. The van der Waals surface area contributed by atoms with Crippen molar-refractivity contribution in [2.75, 3.05) is 0 Å². The zero-order valence-electron chi connectivity index (χ0n) is 19.8. The van der Waals surface area contributed by atoms with E-state index in [2.05, 4.69) is 108 Å². The lowest BCUT2D eigenvalue weighted by atomic mass is 9.91. The largest absolute Gasteiger partial charge is 0.0840 e. The molecule has 3 aromatic carbocycles. The van der Waals surface area contributed by atoms with Crippen molar-refractivity contribution in [1.82, 2.24) is 0 Å². The molecule has 1 aliphatic rings. The average Bonchev–Trinajstić information content (AvgIpc) is 3.15. The van der Waals surface area contributed by atoms with E-state index in [1.165, 1.54) is 44.5 Å². The summed E-state index contributed by atoms with van der Waals surface area (Å²) in [7, 11) is -0.551. The molecule has 3 aromatic rings. The minimum absolute atomic E-state index is 0.551. The summed E-state index contributed by atoms with van der Waals surface area (Å²) < 4.78 is 0. The molecule has 0 saturated carbocycles. The fraction of sp³-hybridized carbons (Fsp3) is 0.267. The van der Waals surface area contributed by atoms with Crippen molar-refractivity contribution < 1.29 is 0 Å². The second kappa shape index (κ2) is 8.84. The van der Waals surface area contributed by atoms with Crippen LogP contribution in [0.15, 0.2) is 77.5 Å². The predicted octanol–water partition coefficient (Wildman–Crippen LogP) is 6.92. The maximum absolute atomic E-state index is 2.40. The molecule has 0 amide bonds. The van der Waals surface area contributed by atoms with Gasteiger partial charge in [-0.05, 0) is 62.3 Å². The van der Waals surface area contributed by atoms with Crippen molar-refractivity contribution in [2.45, 2.75) is 48.0 Å². The van der Waals surface area contributed by atoms with Crippen LogP contribution >= 0.6 is 0 Å². The highest BCUT2D eigenvalue weighted by atomic mass is 28.2. The van der Waals surface area contributed by atoms with Gasteiger partial charge in [0.2, 0.25) is 0 Å². The molecule has 4 rings (SSSR count). The van der Waals surface area contributed by atoms with E-state index in [1.807, 2.05) is 0 Å². The van der Waals surface area contributed by atoms with Gasteiger partial charge in [0.1, 0.15) is 0 Å². The van der Waals surface area contributed by atoms with Gasteiger partial charge in [0.25, 0.3) is 0 Å². The smallest absolute Gasteiger partial charge is 0.0806 e. The van der Waals surface area contributed by atoms with Crippen LogP contribution in [0.3, 0.4) is 0 Å². The molecule has 0 atom stereocenters. The summed E-state index contributed by atoms with van der Waals surface area (Å²) in [6, 6.07) is 21.0. The molecule has 1 aliphatic carbocycles. The van der Waals surface area contributed by atoms with E-state index in [-0.39, 0.29) is 0 Å². The van der Waals surface area contributed by atoms with E-state index >= 15 is 0 Å². The normalized spacial score (nSPS) is 13.9. The standard InChI is InChI=1S/C30H34Si/c1-19(2)26-9-7-11-28(26)31-29-12-8-10-27(24-15-20(3)13-21(4)16-24)30(29)25-17-22(5)14-23(6)18-25/h7-10,12-19H,11,31H2,1-6H3. The van der Waals surface area contributed by atoms with Crippen molar-refractivity contribution in [1.29, 1.82) is 0 Å². The fourth-order valence-corrected chi connectivity index (χ4v) is 7.47. The maximum Gasteiger partial charge on any atom is 0.0840 e. The third-order valence-corrected chi connectivity index (χ3v) is 8.38. The Morgan fingerprint density at radius 3 is 1.90 bits per heavy atom. The van der Waals surface area contributed by atoms with Gasteiger partial charge in [0, 0.05) is 0 Å². The van der Waals surface area contributed by atoms with Crippen molar-refractivity contribution in [3.8, 4) is 22.3 Å². The van der Waals surface area contributed by atoms with Crippen molar-refractivity contribution >= 4 is 14.7 Å². The zero-order chi connectivity index (χ0) is 22.1. The molecule has 31 heavy (non-hydrogen) atoms. The molecule has 1 heteroatoms. The van der Waals surface area contributed by atoms with Gasteiger partial charge in [-0.25, -0.2) is 0 Å². The summed E-state index contributed by atoms with van der Waals surface area (Å²) in [6.07, 6.45) is 5.87. The number of hydrogen-bond donors (Lipinski definition) is 0. The van der Waals surface area contributed by atoms with Gasteiger partial charge >= 0.3 is 0 Å². The molecule has 0 aromatic heterocycles. The molecular formula is C30H34Si. The second-order valence-corrected chi connectivity index (χ2v) is 11.6. The van der Waals surface area contributed by atoms with Gasteiger partial charge in [-0.3, -0.25) is 0 Å². The highest BCUT2D eigenvalue weighted by Crippen LogP contribution is 2.34. The first-order valence-corrected chi connectivity index (χ1v) is 12.9. The van der Waals surface area contributed by atoms with E-state index < -0.39 is 9.52 Å². The van der Waals surface area contributed by atoms with Crippen LogP contribution in [0.1, 0.15) is 42.5 Å². The van der Waals surface area contributed by atoms with E-state index in [4.69, 9.17) is 0 Å². The topological polar surface area (TPSA) is 0 Å². The summed E-state index contributed by atoms with van der Waals surface area (Å²) in [6.45, 7) is 13.5. The highest BCUT2D eigenvalue weighted by molar-refractivity contribution is 6.63. The van der Waals surface area contributed by atoms with Gasteiger partial charge in [-0.15, -0.1) is 0 Å². The lowest BCUT2D eigenvalue weighted by Crippen LogP contribution is -2.21. The van der Waals surface area contributed by atoms with Crippen LogP contribution in [-0.4, -0.2) is 9.52 Å². The summed E-state index contributed by atoms with van der Waals surface area (Å²) in [5, 5.41) is 3.27. The van der Waals surface area contributed by atoms with Gasteiger partial charge in [-0.2, -0.15) is 0 Å². The summed E-state index contributed by atoms with van der Waals surface area (Å²) in [4.78, 5) is 0. The molecule has 0 unspecified atom stereocenters. The van der Waals surface area contributed by atoms with Crippen molar-refractivity contribution in [3.63, 3.8) is 0 Å². The Balaban J connectivity index is 1.94. The Kier molecular flexibility index (Phi) is 6.16. The average molecular weight is 423 g/mol. The van der Waals surface area contributed by atoms with Crippen molar-refractivity contribution in [3.05, 3.63) is 99.8 Å². The summed E-state index contributed by atoms with van der Waals surface area (Å²) in [5.41, 5.74) is 12.4. The second-order valence-electron chi connectivity index (χ2n) is 9.59. The number of allylic oxidation sites excluding steroid dienone is 4. The molecule has 0 spiro atoms. The van der Waals surface area contributed by atoms with Crippen LogP contribution in [0, 0.1) is 33.6 Å². The summed E-state index contributed by atoms with van der Waals surface area (Å²) >= 11 is 0. The lowest BCUT2D eigenvalue weighted by molar-refractivity contribution is 0.790. The fourth-order valence-electron chi connectivity index (χ4n) is 5.15. The van der Waals surface area contributed by atoms with Crippen LogP contribution in [0.2, 0.25) is 0 Å². The molecule has 0 N–H and O–H groups in total. The number of hydrogen-bond acceptors (Lipinski definition) is 0. The highest BCUT2D eigenvalue weighted by Gasteiger charge is 2.18. The quantitative estimate of drug-likeness (QED) is 0.392. The summed E-state index contributed by atoms with van der Waals surface area (Å²) in [5.74, 6) is 0.605. The van der Waals surface area contributed by atoms with Gasteiger partial charge < -0.3 is 0 Å². The first-order valence-electron chi connectivity index (χ1n) is 11.5. The molecule has 0 bridgehead atoms. The van der Waals surface area contributed by atoms with E-state index in [0.717, 1.165) is 6.42 Å². The molecule has 0 fully saturated rings. The minimum Gasteiger partial charge on any atom is -0.0806 e. The predicted molar refractivity (Wildman–Crippen MR) is 140 cm³/mol. The van der Waals surface area contributed by atoms with Crippen LogP contribution in [0.4, 0.5) is 0 Å². The minimum atomic E-state index is -0.551. The molecule has 0 radical (unpaired) electrons. The Labute approximate surface area is 190 Å². The first kappa shape index (κ1) is 21.6. The van der Waals surface area contributed by atoms with E-state index in [1.54, 1.807) is 16.0 Å². The first-order chi connectivity index (χ1) is 14.8. The molecule has 0 heterocycles. The Morgan fingerprint density at radius 1 is 0.742 bits per heavy atom. The third-order valence-electron chi connectivity index (χ3n) is 6.29. The molecule has 158 valence electrons. The van der Waals surface area contributed by atoms with Crippen LogP contribution < -0.4 is 5.19 Å². The Bertz CT molecular complexity index is 1150. The van der Waals surface area contributed by atoms with Gasteiger partial charge in [0.15, 0.2) is 0 Å². The van der Waals surface area contributed by atoms with E-state index in [0.29, 0.717) is 5.92 Å². The number of rotatable bonds is 5. The molecule has 0 aliphatic heterocycles. The SMILES string of the molecule is Cc1cc(C)cc(-c2cccc([SiH2]C3=C(C(C)C)C=CC3)c2-c2cc(C)cc(C)c2)c1. The molecule has 0 nitrogen and oxygen atoms in total. The third kappa shape index (κ3) is 4.67. The van der Waals surface area contributed by atoms with Gasteiger partial charge in [-0.1, -0.05) is 119 Å². The Morgan fingerprint density at radius 2 is 1.32 bits per heavy atom.